The molecule has 0 aliphatic heterocycles. The summed E-state index contributed by atoms with van der Waals surface area (Å²) in [5.41, 5.74) is 4.97. The molecule has 0 heterocycles. The molecule has 0 bridgehead atoms. The molecule has 2 atom stereocenters. The summed E-state index contributed by atoms with van der Waals surface area (Å²) in [5, 5.41) is -0.130. The van der Waals surface area contributed by atoms with Crippen LogP contribution >= 0.6 is 11.9 Å². The Bertz CT molecular complexity index is 140. The number of nitroso groups, excluding NO2 is 1. The summed E-state index contributed by atoms with van der Waals surface area (Å²) in [4.78, 5) is 20.2. The van der Waals surface area contributed by atoms with Crippen LogP contribution in [0.4, 0.5) is 0 Å². The van der Waals surface area contributed by atoms with Crippen molar-refractivity contribution in [3.05, 3.63) is 4.91 Å². The molecule has 0 aromatic rings. The van der Waals surface area contributed by atoms with Crippen LogP contribution in [0.5, 0.6) is 0 Å². The quantitative estimate of drug-likeness (QED) is 0.493. The highest BCUT2D eigenvalue weighted by Crippen LogP contribution is 2.18. The molecular formula is C5H10N2O2S. The number of rotatable bonds is 4. The van der Waals surface area contributed by atoms with Crippen LogP contribution in [0.2, 0.25) is 0 Å². The van der Waals surface area contributed by atoms with E-state index in [0.717, 1.165) is 11.9 Å². The van der Waals surface area contributed by atoms with E-state index in [0.29, 0.717) is 0 Å². The number of carbonyl (C=O) groups excluding carboxylic acids is 1. The molecular weight excluding hydrogens is 152 g/mol. The Morgan fingerprint density at radius 3 is 2.40 bits per heavy atom. The molecule has 0 aliphatic carbocycles. The fraction of sp³-hybridized carbons (Fsp3) is 0.800. The molecule has 0 aliphatic rings. The number of carbonyl (C=O) groups is 1. The van der Waals surface area contributed by atoms with Gasteiger partial charge in [-0.1, -0.05) is 13.8 Å². The summed E-state index contributed by atoms with van der Waals surface area (Å²) in [6, 6.07) is 0. The van der Waals surface area contributed by atoms with E-state index in [1.165, 1.54) is 0 Å². The van der Waals surface area contributed by atoms with Gasteiger partial charge in [-0.3, -0.25) is 4.79 Å². The summed E-state index contributed by atoms with van der Waals surface area (Å²) in [6.07, 6.45) is 0. The molecule has 1 amide bonds. The van der Waals surface area contributed by atoms with E-state index < -0.39 is 5.91 Å². The maximum atomic E-state index is 10.5. The van der Waals surface area contributed by atoms with Gasteiger partial charge in [-0.2, -0.15) is 0 Å². The van der Waals surface area contributed by atoms with Gasteiger partial charge in [-0.15, -0.1) is 4.91 Å². The molecule has 5 heteroatoms. The average Bonchev–Trinajstić information content (AvgIpc) is 1.87. The SMILES string of the molecule is CC(SN=O)C(C)C(N)=O. The van der Waals surface area contributed by atoms with E-state index in [1.54, 1.807) is 13.8 Å². The normalized spacial score (nSPS) is 15.8. The van der Waals surface area contributed by atoms with E-state index in [9.17, 15) is 9.70 Å². The van der Waals surface area contributed by atoms with Crippen molar-refractivity contribution in [1.29, 1.82) is 0 Å². The van der Waals surface area contributed by atoms with Crippen molar-refractivity contribution in [2.24, 2.45) is 16.2 Å². The van der Waals surface area contributed by atoms with Gasteiger partial charge >= 0.3 is 0 Å². The van der Waals surface area contributed by atoms with Crippen molar-refractivity contribution in [3.63, 3.8) is 0 Å². The van der Waals surface area contributed by atoms with Crippen LogP contribution < -0.4 is 5.73 Å². The molecule has 0 aromatic heterocycles. The van der Waals surface area contributed by atoms with Crippen molar-refractivity contribution in [2.75, 3.05) is 0 Å². The summed E-state index contributed by atoms with van der Waals surface area (Å²) < 4.78 is 2.60. The standard InChI is InChI=1S/C5H10N2O2S/c1-3(5(6)8)4(2)10-7-9/h3-4H,1-2H3,(H2,6,8). The summed E-state index contributed by atoms with van der Waals surface area (Å²) in [5.74, 6) is -0.702. The predicted molar refractivity (Wildman–Crippen MR) is 41.2 cm³/mol. The van der Waals surface area contributed by atoms with Gasteiger partial charge in [0.1, 0.15) is 0 Å². The number of hydrogen-bond acceptors (Lipinski definition) is 4. The monoisotopic (exact) mass is 162 g/mol. The van der Waals surface area contributed by atoms with Gasteiger partial charge in [-0.25, -0.2) is 0 Å². The Morgan fingerprint density at radius 2 is 2.10 bits per heavy atom. The maximum absolute atomic E-state index is 10.5. The minimum atomic E-state index is -0.399. The van der Waals surface area contributed by atoms with E-state index in [1.807, 2.05) is 0 Å². The van der Waals surface area contributed by atoms with Crippen LogP contribution in [0, 0.1) is 10.8 Å². The molecule has 0 spiro atoms. The third-order valence-electron chi connectivity index (χ3n) is 1.36. The van der Waals surface area contributed by atoms with Crippen LogP contribution in [-0.4, -0.2) is 11.2 Å². The minimum absolute atomic E-state index is 0.130. The lowest BCUT2D eigenvalue weighted by molar-refractivity contribution is -0.121. The van der Waals surface area contributed by atoms with Gasteiger partial charge in [0.25, 0.3) is 0 Å². The Hall–Kier alpha value is -0.580. The zero-order valence-corrected chi connectivity index (χ0v) is 6.72. The van der Waals surface area contributed by atoms with E-state index in [2.05, 4.69) is 4.58 Å². The van der Waals surface area contributed by atoms with Gasteiger partial charge in [-0.05, 0) is 0 Å². The van der Waals surface area contributed by atoms with Crippen molar-refractivity contribution in [1.82, 2.24) is 0 Å². The van der Waals surface area contributed by atoms with Gasteiger partial charge in [0.15, 0.2) is 0 Å². The first kappa shape index (κ1) is 9.42. The smallest absolute Gasteiger partial charge is 0.221 e. The first-order valence-corrected chi connectivity index (χ1v) is 3.71. The van der Waals surface area contributed by atoms with Gasteiger partial charge < -0.3 is 5.73 Å². The lowest BCUT2D eigenvalue weighted by atomic mass is 10.1. The molecule has 4 nitrogen and oxygen atoms in total. The highest BCUT2D eigenvalue weighted by molar-refractivity contribution is 7.98. The second-order valence-corrected chi connectivity index (χ2v) is 3.18. The third-order valence-corrected chi connectivity index (χ3v) is 2.19. The first-order chi connectivity index (χ1) is 4.59. The Kier molecular flexibility index (Phi) is 4.02. The Labute approximate surface area is 63.7 Å². The first-order valence-electron chi connectivity index (χ1n) is 2.87. The lowest BCUT2D eigenvalue weighted by Gasteiger charge is -2.10. The molecule has 58 valence electrons. The third kappa shape index (κ3) is 2.82. The van der Waals surface area contributed by atoms with Crippen molar-refractivity contribution in [3.8, 4) is 0 Å². The summed E-state index contributed by atoms with van der Waals surface area (Å²) in [6.45, 7) is 3.41. The predicted octanol–water partition coefficient (Wildman–Crippen LogP) is 0.911. The molecule has 10 heavy (non-hydrogen) atoms. The highest BCUT2D eigenvalue weighted by atomic mass is 32.2. The molecule has 0 saturated heterocycles. The summed E-state index contributed by atoms with van der Waals surface area (Å²) in [7, 11) is 0. The largest absolute Gasteiger partial charge is 0.369 e. The van der Waals surface area contributed by atoms with Gasteiger partial charge in [0.2, 0.25) is 5.91 Å². The molecule has 0 fully saturated rings. The van der Waals surface area contributed by atoms with Crippen LogP contribution in [0.3, 0.4) is 0 Å². The van der Waals surface area contributed by atoms with Crippen LogP contribution in [0.1, 0.15) is 13.8 Å². The molecule has 0 rings (SSSR count). The number of nitrogens with two attached hydrogens (primary N) is 1. The molecule has 2 N–H and O–H groups in total. The van der Waals surface area contributed by atoms with E-state index >= 15 is 0 Å². The highest BCUT2D eigenvalue weighted by Gasteiger charge is 2.18. The van der Waals surface area contributed by atoms with Crippen molar-refractivity contribution in [2.45, 2.75) is 19.1 Å². The summed E-state index contributed by atoms with van der Waals surface area (Å²) >= 11 is 0.836. The van der Waals surface area contributed by atoms with Crippen LogP contribution in [0.15, 0.2) is 4.58 Å². The number of amides is 1. The fourth-order valence-corrected chi connectivity index (χ4v) is 0.843. The van der Waals surface area contributed by atoms with Crippen molar-refractivity contribution < 1.29 is 4.79 Å². The average molecular weight is 162 g/mol. The second-order valence-electron chi connectivity index (χ2n) is 2.08. The number of nitrogens with zero attached hydrogens (tertiary/aromatic N) is 1. The molecule has 2 unspecified atom stereocenters. The number of hydrogen-bond donors (Lipinski definition) is 1. The van der Waals surface area contributed by atoms with Gasteiger partial charge in [0.05, 0.1) is 0 Å². The van der Waals surface area contributed by atoms with Crippen LogP contribution in [0.25, 0.3) is 0 Å². The number of primary amides is 1. The van der Waals surface area contributed by atoms with E-state index in [4.69, 9.17) is 5.73 Å². The Morgan fingerprint density at radius 1 is 1.60 bits per heavy atom. The molecule has 0 radical (unpaired) electrons. The van der Waals surface area contributed by atoms with Gasteiger partial charge in [0, 0.05) is 27.7 Å². The minimum Gasteiger partial charge on any atom is -0.369 e. The topological polar surface area (TPSA) is 72.5 Å². The zero-order valence-electron chi connectivity index (χ0n) is 5.90. The molecule has 0 saturated carbocycles. The second kappa shape index (κ2) is 4.27. The van der Waals surface area contributed by atoms with Crippen molar-refractivity contribution >= 4 is 17.9 Å². The maximum Gasteiger partial charge on any atom is 0.221 e. The van der Waals surface area contributed by atoms with E-state index in [-0.39, 0.29) is 11.2 Å². The van der Waals surface area contributed by atoms with Crippen LogP contribution in [-0.2, 0) is 4.79 Å². The Balaban J connectivity index is 3.80. The lowest BCUT2D eigenvalue weighted by Crippen LogP contribution is -2.27. The fourth-order valence-electron chi connectivity index (χ4n) is 0.390. The molecule has 0 aromatic carbocycles. The zero-order chi connectivity index (χ0) is 8.15.